The average molecular weight is 255 g/mol. The molecule has 0 saturated carbocycles. The summed E-state index contributed by atoms with van der Waals surface area (Å²) in [5, 5.41) is 9.83. The Hall–Kier alpha value is -1.07. The molecule has 0 spiro atoms. The molecule has 1 aromatic rings. The van der Waals surface area contributed by atoms with E-state index in [2.05, 4.69) is 0 Å². The van der Waals surface area contributed by atoms with Crippen molar-refractivity contribution in [2.24, 2.45) is 0 Å². The minimum absolute atomic E-state index is 0.215. The fraction of sp³-hybridized carbons (Fsp3) is 0.500. The SMILES string of the molecule is CCCCN1c2ccccc2[C@@H](O)CS1(=O)=O. The van der Waals surface area contributed by atoms with Crippen LogP contribution in [-0.2, 0) is 10.0 Å². The number of sulfonamides is 1. The molecule has 0 fully saturated rings. The highest BCUT2D eigenvalue weighted by atomic mass is 32.2. The minimum Gasteiger partial charge on any atom is -0.387 e. The standard InChI is InChI=1S/C12H17NO3S/c1-2-3-8-13-11-7-5-4-6-10(11)12(14)9-17(13,15)16/h4-7,12,14H,2-3,8-9H2,1H3/t12-/m0/s1. The van der Waals surface area contributed by atoms with Crippen molar-refractivity contribution in [3.05, 3.63) is 29.8 Å². The lowest BCUT2D eigenvalue weighted by atomic mass is 10.1. The predicted octanol–water partition coefficient (Wildman–Crippen LogP) is 1.67. The molecule has 0 aliphatic carbocycles. The largest absolute Gasteiger partial charge is 0.387 e. The van der Waals surface area contributed by atoms with Gasteiger partial charge in [0.2, 0.25) is 10.0 Å². The van der Waals surface area contributed by atoms with Crippen molar-refractivity contribution >= 4 is 15.7 Å². The fourth-order valence-electron chi connectivity index (χ4n) is 2.09. The van der Waals surface area contributed by atoms with Crippen LogP contribution in [0.4, 0.5) is 5.69 Å². The summed E-state index contributed by atoms with van der Waals surface area (Å²) in [7, 11) is -3.38. The Labute approximate surface area is 102 Å². The first-order valence-electron chi connectivity index (χ1n) is 5.83. The van der Waals surface area contributed by atoms with E-state index in [1.54, 1.807) is 18.2 Å². The molecule has 1 aromatic carbocycles. The number of aliphatic hydroxyl groups excluding tert-OH is 1. The van der Waals surface area contributed by atoms with Crippen molar-refractivity contribution in [2.75, 3.05) is 16.6 Å². The molecule has 5 heteroatoms. The molecular weight excluding hydrogens is 238 g/mol. The van der Waals surface area contributed by atoms with E-state index in [1.165, 1.54) is 4.31 Å². The molecule has 0 bridgehead atoms. The van der Waals surface area contributed by atoms with Crippen LogP contribution < -0.4 is 4.31 Å². The molecule has 4 nitrogen and oxygen atoms in total. The second-order valence-corrected chi connectivity index (χ2v) is 6.22. The normalized spacial score (nSPS) is 22.2. The third kappa shape index (κ3) is 2.30. The van der Waals surface area contributed by atoms with Gasteiger partial charge in [0.1, 0.15) is 0 Å². The number of hydrogen-bond donors (Lipinski definition) is 1. The molecule has 0 amide bonds. The van der Waals surface area contributed by atoms with E-state index >= 15 is 0 Å². The van der Waals surface area contributed by atoms with Crippen molar-refractivity contribution in [3.8, 4) is 0 Å². The molecular formula is C12H17NO3S. The van der Waals surface area contributed by atoms with Gasteiger partial charge in [0, 0.05) is 12.1 Å². The molecule has 0 unspecified atom stereocenters. The summed E-state index contributed by atoms with van der Waals surface area (Å²) in [5.74, 6) is -0.215. The van der Waals surface area contributed by atoms with E-state index in [0.717, 1.165) is 12.8 Å². The first kappa shape index (κ1) is 12.4. The van der Waals surface area contributed by atoms with E-state index in [4.69, 9.17) is 0 Å². The van der Waals surface area contributed by atoms with Crippen LogP contribution in [0.3, 0.4) is 0 Å². The van der Waals surface area contributed by atoms with Crippen LogP contribution in [0.15, 0.2) is 24.3 Å². The molecule has 1 atom stereocenters. The maximum Gasteiger partial charge on any atom is 0.238 e. The van der Waals surface area contributed by atoms with Gasteiger partial charge < -0.3 is 5.11 Å². The van der Waals surface area contributed by atoms with Crippen LogP contribution in [0, 0.1) is 0 Å². The highest BCUT2D eigenvalue weighted by molar-refractivity contribution is 7.92. The van der Waals surface area contributed by atoms with Crippen molar-refractivity contribution in [3.63, 3.8) is 0 Å². The molecule has 1 aliphatic heterocycles. The number of anilines is 1. The van der Waals surface area contributed by atoms with Gasteiger partial charge >= 0.3 is 0 Å². The van der Waals surface area contributed by atoms with Gasteiger partial charge in [0.25, 0.3) is 0 Å². The number of aliphatic hydroxyl groups is 1. The Balaban J connectivity index is 2.44. The number of para-hydroxylation sites is 1. The molecule has 94 valence electrons. The molecule has 1 N–H and O–H groups in total. The van der Waals surface area contributed by atoms with E-state index in [1.807, 2.05) is 13.0 Å². The van der Waals surface area contributed by atoms with E-state index in [-0.39, 0.29) is 5.75 Å². The first-order chi connectivity index (χ1) is 8.06. The lowest BCUT2D eigenvalue weighted by Gasteiger charge is -2.33. The predicted molar refractivity (Wildman–Crippen MR) is 67.4 cm³/mol. The van der Waals surface area contributed by atoms with Crippen molar-refractivity contribution in [1.29, 1.82) is 0 Å². The Morgan fingerprint density at radius 3 is 2.82 bits per heavy atom. The second-order valence-electron chi connectivity index (χ2n) is 4.28. The van der Waals surface area contributed by atoms with E-state index < -0.39 is 16.1 Å². The molecule has 17 heavy (non-hydrogen) atoms. The van der Waals surface area contributed by atoms with Crippen molar-refractivity contribution in [1.82, 2.24) is 0 Å². The Kier molecular flexibility index (Phi) is 3.40. The Morgan fingerprint density at radius 2 is 2.12 bits per heavy atom. The number of rotatable bonds is 3. The van der Waals surface area contributed by atoms with Crippen molar-refractivity contribution in [2.45, 2.75) is 25.9 Å². The molecule has 1 aliphatic rings. The lowest BCUT2D eigenvalue weighted by molar-refractivity contribution is 0.200. The molecule has 0 aromatic heterocycles. The zero-order valence-corrected chi connectivity index (χ0v) is 10.7. The molecule has 0 saturated heterocycles. The zero-order valence-electron chi connectivity index (χ0n) is 9.83. The van der Waals surface area contributed by atoms with E-state index in [0.29, 0.717) is 17.8 Å². The number of benzene rings is 1. The third-order valence-corrected chi connectivity index (χ3v) is 4.77. The summed E-state index contributed by atoms with van der Waals surface area (Å²) < 4.78 is 25.5. The minimum atomic E-state index is -3.38. The number of fused-ring (bicyclic) bond motifs is 1. The van der Waals surface area contributed by atoms with Crippen LogP contribution in [0.25, 0.3) is 0 Å². The summed E-state index contributed by atoms with van der Waals surface area (Å²) in [4.78, 5) is 0. The molecule has 2 rings (SSSR count). The quantitative estimate of drug-likeness (QED) is 0.893. The van der Waals surface area contributed by atoms with Crippen LogP contribution in [0.5, 0.6) is 0 Å². The van der Waals surface area contributed by atoms with Crippen LogP contribution in [0.1, 0.15) is 31.4 Å². The lowest BCUT2D eigenvalue weighted by Crippen LogP contribution is -2.40. The van der Waals surface area contributed by atoms with Crippen LogP contribution in [0.2, 0.25) is 0 Å². The van der Waals surface area contributed by atoms with Gasteiger partial charge in [0.05, 0.1) is 17.5 Å². The fourth-order valence-corrected chi connectivity index (χ4v) is 3.72. The highest BCUT2D eigenvalue weighted by Crippen LogP contribution is 2.34. The average Bonchev–Trinajstić information content (AvgIpc) is 2.28. The molecule has 0 radical (unpaired) electrons. The first-order valence-corrected chi connectivity index (χ1v) is 7.44. The second kappa shape index (κ2) is 4.66. The number of nitrogens with zero attached hydrogens (tertiary/aromatic N) is 1. The maximum absolute atomic E-state index is 12.0. The Morgan fingerprint density at radius 1 is 1.41 bits per heavy atom. The van der Waals surface area contributed by atoms with Crippen LogP contribution in [-0.4, -0.2) is 25.8 Å². The third-order valence-electron chi connectivity index (χ3n) is 2.98. The highest BCUT2D eigenvalue weighted by Gasteiger charge is 2.34. The summed E-state index contributed by atoms with van der Waals surface area (Å²) in [5.41, 5.74) is 1.33. The van der Waals surface area contributed by atoms with Gasteiger partial charge in [-0.1, -0.05) is 31.5 Å². The number of hydrogen-bond acceptors (Lipinski definition) is 3. The van der Waals surface area contributed by atoms with Gasteiger partial charge in [-0.3, -0.25) is 4.31 Å². The summed E-state index contributed by atoms with van der Waals surface area (Å²) in [6.07, 6.45) is 0.856. The summed E-state index contributed by atoms with van der Waals surface area (Å²) in [6, 6.07) is 7.15. The topological polar surface area (TPSA) is 57.6 Å². The van der Waals surface area contributed by atoms with Crippen molar-refractivity contribution < 1.29 is 13.5 Å². The van der Waals surface area contributed by atoms with Gasteiger partial charge in [-0.25, -0.2) is 8.42 Å². The van der Waals surface area contributed by atoms with Gasteiger partial charge in [-0.15, -0.1) is 0 Å². The van der Waals surface area contributed by atoms with Crippen LogP contribution >= 0.6 is 0 Å². The summed E-state index contributed by atoms with van der Waals surface area (Å²) >= 11 is 0. The van der Waals surface area contributed by atoms with Gasteiger partial charge in [-0.2, -0.15) is 0 Å². The molecule has 1 heterocycles. The van der Waals surface area contributed by atoms with Gasteiger partial charge in [0.15, 0.2) is 0 Å². The zero-order chi connectivity index (χ0) is 12.5. The maximum atomic E-state index is 12.0. The van der Waals surface area contributed by atoms with E-state index in [9.17, 15) is 13.5 Å². The number of unbranched alkanes of at least 4 members (excludes halogenated alkanes) is 1. The Bertz CT molecular complexity index is 498. The smallest absolute Gasteiger partial charge is 0.238 e. The van der Waals surface area contributed by atoms with Gasteiger partial charge in [-0.05, 0) is 12.5 Å². The summed E-state index contributed by atoms with van der Waals surface area (Å²) in [6.45, 7) is 2.51. The monoisotopic (exact) mass is 255 g/mol.